The lowest BCUT2D eigenvalue weighted by Gasteiger charge is -2.16. The molecule has 6 heterocycles. The van der Waals surface area contributed by atoms with Crippen LogP contribution >= 0.6 is 0 Å². The van der Waals surface area contributed by atoms with Crippen molar-refractivity contribution in [2.45, 2.75) is 0 Å². The second-order valence-corrected chi connectivity index (χ2v) is 26.7. The largest absolute Gasteiger partial charge is 0.309 e. The Kier molecular flexibility index (Phi) is 12.9. The van der Waals surface area contributed by atoms with Gasteiger partial charge in [0.2, 0.25) is 0 Å². The highest BCUT2D eigenvalue weighted by Crippen LogP contribution is 2.47. The SMILES string of the molecule is c1ccc(-n2c3ccccc3c3ccc4c(c5ccccc5n4-c4cccc(-c5ccccc5-n5c6ccccc6c6ccccc65)c4)c32)cc1.c1ccc(-n2c3ccccc3c3ccc4c(c5ccccc5n4-c4ccccc4-c4cccc(-n5c6ccccc6c6ccccc65)c4)c32)cc1. The number of fused-ring (bicyclic) bond motifs is 20. The van der Waals surface area contributed by atoms with Crippen molar-refractivity contribution in [2.24, 2.45) is 0 Å². The fraction of sp³-hybridized carbons (Fsp3) is 0. The van der Waals surface area contributed by atoms with Crippen molar-refractivity contribution < 1.29 is 0 Å². The van der Waals surface area contributed by atoms with E-state index in [2.05, 4.69) is 404 Å². The highest BCUT2D eigenvalue weighted by Gasteiger charge is 2.25. The molecule has 0 saturated heterocycles. The third-order valence-electron chi connectivity index (χ3n) is 21.2. The molecule has 0 spiro atoms. The van der Waals surface area contributed by atoms with Gasteiger partial charge in [0.05, 0.1) is 77.6 Å². The maximum absolute atomic E-state index is 2.47. The number of hydrogen-bond donors (Lipinski definition) is 0. The molecule has 102 heavy (non-hydrogen) atoms. The van der Waals surface area contributed by atoms with Gasteiger partial charge in [0.25, 0.3) is 0 Å². The lowest BCUT2D eigenvalue weighted by atomic mass is 10.0. The van der Waals surface area contributed by atoms with Crippen LogP contribution in [0.2, 0.25) is 0 Å². The molecule has 0 fully saturated rings. The van der Waals surface area contributed by atoms with Gasteiger partial charge in [0, 0.05) is 98.5 Å². The number of nitrogens with zero attached hydrogens (tertiary/aromatic N) is 6. The van der Waals surface area contributed by atoms with Gasteiger partial charge in [-0.2, -0.15) is 0 Å². The fourth-order valence-corrected chi connectivity index (χ4v) is 17.1. The predicted octanol–water partition coefficient (Wildman–Crippen LogP) is 25.3. The van der Waals surface area contributed by atoms with E-state index in [0.29, 0.717) is 0 Å². The summed E-state index contributed by atoms with van der Waals surface area (Å²) < 4.78 is 14.6. The number of rotatable bonds is 8. The Labute approximate surface area is 587 Å². The number of benzene rings is 16. The lowest BCUT2D eigenvalue weighted by Crippen LogP contribution is -1.98. The first-order valence-electron chi connectivity index (χ1n) is 35.1. The first-order chi connectivity index (χ1) is 50.7. The normalized spacial score (nSPS) is 11.9. The average Bonchev–Trinajstić information content (AvgIpc) is 1.56. The van der Waals surface area contributed by atoms with E-state index in [4.69, 9.17) is 0 Å². The molecule has 6 nitrogen and oxygen atoms in total. The summed E-state index contributed by atoms with van der Waals surface area (Å²) in [6.07, 6.45) is 0. The van der Waals surface area contributed by atoms with Crippen LogP contribution in [-0.2, 0) is 0 Å². The number of para-hydroxylation sites is 12. The molecule has 22 aromatic rings. The van der Waals surface area contributed by atoms with E-state index in [1.165, 1.54) is 159 Å². The van der Waals surface area contributed by atoms with Crippen molar-refractivity contribution in [1.29, 1.82) is 0 Å². The molecule has 0 aliphatic rings. The first-order valence-corrected chi connectivity index (χ1v) is 35.1. The van der Waals surface area contributed by atoms with Crippen molar-refractivity contribution in [1.82, 2.24) is 27.4 Å². The maximum Gasteiger partial charge on any atom is 0.0641 e. The summed E-state index contributed by atoms with van der Waals surface area (Å²) in [6.45, 7) is 0. The van der Waals surface area contributed by atoms with Gasteiger partial charge < -0.3 is 27.4 Å². The Hall–Kier alpha value is -13.7. The summed E-state index contributed by atoms with van der Waals surface area (Å²) >= 11 is 0. The van der Waals surface area contributed by atoms with Crippen molar-refractivity contribution in [3.63, 3.8) is 0 Å². The minimum absolute atomic E-state index is 1.14. The van der Waals surface area contributed by atoms with E-state index in [0.717, 1.165) is 28.4 Å². The van der Waals surface area contributed by atoms with Crippen LogP contribution in [0.4, 0.5) is 0 Å². The average molecular weight is 1300 g/mol. The molecule has 0 aliphatic carbocycles. The van der Waals surface area contributed by atoms with Crippen molar-refractivity contribution in [2.75, 3.05) is 0 Å². The van der Waals surface area contributed by atoms with E-state index in [1.807, 2.05) is 0 Å². The molecule has 0 atom stereocenters. The van der Waals surface area contributed by atoms with Crippen LogP contribution in [0.1, 0.15) is 0 Å². The van der Waals surface area contributed by atoms with Gasteiger partial charge in [0.15, 0.2) is 0 Å². The van der Waals surface area contributed by atoms with E-state index in [1.54, 1.807) is 0 Å². The molecule has 16 aromatic carbocycles. The summed E-state index contributed by atoms with van der Waals surface area (Å²) in [5.41, 5.74) is 26.2. The fourth-order valence-electron chi connectivity index (χ4n) is 17.1. The Morgan fingerprint density at radius 1 is 0.147 bits per heavy atom. The van der Waals surface area contributed by atoms with E-state index in [9.17, 15) is 0 Å². The van der Waals surface area contributed by atoms with Crippen molar-refractivity contribution in [3.05, 3.63) is 376 Å². The third kappa shape index (κ3) is 8.60. The standard InChI is InChI=1S/2C48H31N3/c1-2-16-33(17-3-1)50-42-25-10-7-22-38(42)39-29-30-46-47(48(39)50)40-23-8-13-28-45(40)49(46)34-18-14-15-32(31-34)35-19-4-9-24-41(35)51-43-26-11-5-20-36(43)37-21-6-12-27-44(37)51;1-2-16-33(17-3-1)50-44-27-12-7-22-38(44)39-29-30-46-47(48(39)50)40-23-8-13-28-45(40)51(46)41-24-9-4-19-35(41)32-15-14-18-34(31-32)49-42-25-10-5-20-36(42)37-21-6-11-26-43(37)49/h2*1-31H. The van der Waals surface area contributed by atoms with E-state index in [-0.39, 0.29) is 0 Å². The van der Waals surface area contributed by atoms with Crippen molar-refractivity contribution >= 4 is 131 Å². The van der Waals surface area contributed by atoms with Crippen LogP contribution in [0, 0.1) is 0 Å². The van der Waals surface area contributed by atoms with Gasteiger partial charge in [-0.15, -0.1) is 0 Å². The minimum Gasteiger partial charge on any atom is -0.309 e. The molecule has 6 heteroatoms. The molecule has 0 bridgehead atoms. The zero-order valence-electron chi connectivity index (χ0n) is 55.5. The van der Waals surface area contributed by atoms with E-state index >= 15 is 0 Å². The third-order valence-corrected chi connectivity index (χ3v) is 21.2. The molecular formula is C96H62N6. The van der Waals surface area contributed by atoms with Gasteiger partial charge in [-0.1, -0.05) is 255 Å². The van der Waals surface area contributed by atoms with Gasteiger partial charge in [-0.25, -0.2) is 0 Å². The molecule has 476 valence electrons. The molecular weight excluding hydrogens is 1240 g/mol. The Balaban J connectivity index is 0.000000133. The van der Waals surface area contributed by atoms with Gasteiger partial charge in [-0.3, -0.25) is 0 Å². The summed E-state index contributed by atoms with van der Waals surface area (Å²) in [4.78, 5) is 0. The first kappa shape index (κ1) is 57.4. The quantitative estimate of drug-likeness (QED) is 0.145. The highest BCUT2D eigenvalue weighted by molar-refractivity contribution is 6.28. The monoisotopic (exact) mass is 1300 g/mol. The summed E-state index contributed by atoms with van der Waals surface area (Å²) in [7, 11) is 0. The Bertz CT molecular complexity index is 7020. The second-order valence-electron chi connectivity index (χ2n) is 26.7. The molecule has 22 rings (SSSR count). The molecule has 0 radical (unpaired) electrons. The van der Waals surface area contributed by atoms with Gasteiger partial charge in [-0.05, 0) is 132 Å². The van der Waals surface area contributed by atoms with Crippen LogP contribution in [0.3, 0.4) is 0 Å². The molecule has 0 aliphatic heterocycles. The molecule has 6 aromatic heterocycles. The topological polar surface area (TPSA) is 29.6 Å². The van der Waals surface area contributed by atoms with E-state index < -0.39 is 0 Å². The Morgan fingerprint density at radius 2 is 0.412 bits per heavy atom. The van der Waals surface area contributed by atoms with Crippen LogP contribution in [0.15, 0.2) is 376 Å². The van der Waals surface area contributed by atoms with Crippen molar-refractivity contribution in [3.8, 4) is 56.4 Å². The van der Waals surface area contributed by atoms with Crippen LogP contribution in [0.25, 0.3) is 187 Å². The van der Waals surface area contributed by atoms with Crippen LogP contribution < -0.4 is 0 Å². The minimum atomic E-state index is 1.14. The smallest absolute Gasteiger partial charge is 0.0641 e. The molecule has 0 unspecified atom stereocenters. The zero-order valence-corrected chi connectivity index (χ0v) is 55.5. The summed E-state index contributed by atoms with van der Waals surface area (Å²) in [6, 6.07) is 137. The molecule has 0 N–H and O–H groups in total. The highest BCUT2D eigenvalue weighted by atomic mass is 15.0. The molecule has 0 amide bonds. The van der Waals surface area contributed by atoms with Gasteiger partial charge >= 0.3 is 0 Å². The lowest BCUT2D eigenvalue weighted by molar-refractivity contribution is 1.17. The second kappa shape index (κ2) is 23.0. The summed E-state index contributed by atoms with van der Waals surface area (Å²) in [5, 5.41) is 15.1. The summed E-state index contributed by atoms with van der Waals surface area (Å²) in [5.74, 6) is 0. The maximum atomic E-state index is 2.47. The Morgan fingerprint density at radius 3 is 0.814 bits per heavy atom. The predicted molar refractivity (Wildman–Crippen MR) is 430 cm³/mol. The zero-order chi connectivity index (χ0) is 66.9. The number of hydrogen-bond acceptors (Lipinski definition) is 0. The van der Waals surface area contributed by atoms with Crippen LogP contribution in [-0.4, -0.2) is 27.4 Å². The van der Waals surface area contributed by atoms with Crippen LogP contribution in [0.5, 0.6) is 0 Å². The molecule has 0 saturated carbocycles. The number of aromatic nitrogens is 6. The van der Waals surface area contributed by atoms with Gasteiger partial charge in [0.1, 0.15) is 0 Å².